The number of carbonyl (C=O) groups is 3. The fourth-order valence-corrected chi connectivity index (χ4v) is 5.13. The molecule has 6 nitrogen and oxygen atoms in total. The third kappa shape index (κ3) is 6.11. The van der Waals surface area contributed by atoms with Crippen molar-refractivity contribution in [2.75, 3.05) is 17.6 Å². The highest BCUT2D eigenvalue weighted by atomic mass is 32.2. The first-order chi connectivity index (χ1) is 17.1. The average molecular weight is 488 g/mol. The number of nitrogens with one attached hydrogen (secondary N) is 2. The van der Waals surface area contributed by atoms with E-state index in [9.17, 15) is 14.4 Å². The zero-order valence-electron chi connectivity index (χ0n) is 19.7. The van der Waals surface area contributed by atoms with Crippen molar-refractivity contribution < 1.29 is 14.4 Å². The molecular weight excluding hydrogens is 458 g/mol. The molecule has 0 bridgehead atoms. The number of carbonyl (C=O) groups excluding carboxylic acids is 3. The Morgan fingerprint density at radius 3 is 2.40 bits per heavy atom. The molecule has 0 unspecified atom stereocenters. The second-order valence-electron chi connectivity index (χ2n) is 8.40. The number of benzene rings is 3. The normalized spacial score (nSPS) is 15.2. The van der Waals surface area contributed by atoms with Crippen LogP contribution in [-0.4, -0.2) is 34.9 Å². The van der Waals surface area contributed by atoms with E-state index >= 15 is 0 Å². The van der Waals surface area contributed by atoms with E-state index in [0.717, 1.165) is 24.0 Å². The van der Waals surface area contributed by atoms with Gasteiger partial charge in [-0.25, -0.2) is 0 Å². The SMILES string of the molecule is CCCCNC(=O)c1ccccc1NC(=O)c1ccc([C@@H]2SCC(=O)N2Cc2ccccc2)cc1. The molecule has 0 spiro atoms. The smallest absolute Gasteiger partial charge is 0.255 e. The van der Waals surface area contributed by atoms with Crippen LogP contribution in [0.3, 0.4) is 0 Å². The second kappa shape index (κ2) is 11.7. The number of hydrogen-bond acceptors (Lipinski definition) is 4. The Kier molecular flexibility index (Phi) is 8.21. The fraction of sp³-hybridized carbons (Fsp3) is 0.250. The van der Waals surface area contributed by atoms with Crippen LogP contribution >= 0.6 is 11.8 Å². The molecule has 3 aromatic carbocycles. The molecule has 3 aromatic rings. The van der Waals surface area contributed by atoms with Gasteiger partial charge in [0.05, 0.1) is 17.0 Å². The van der Waals surface area contributed by atoms with Crippen LogP contribution in [0.4, 0.5) is 5.69 Å². The summed E-state index contributed by atoms with van der Waals surface area (Å²) in [6, 6.07) is 24.2. The Morgan fingerprint density at radius 1 is 0.943 bits per heavy atom. The quantitative estimate of drug-likeness (QED) is 0.405. The summed E-state index contributed by atoms with van der Waals surface area (Å²) in [6.07, 6.45) is 1.90. The molecule has 0 saturated carbocycles. The topological polar surface area (TPSA) is 78.5 Å². The molecule has 1 aliphatic rings. The van der Waals surface area contributed by atoms with Crippen molar-refractivity contribution in [3.63, 3.8) is 0 Å². The first-order valence-electron chi connectivity index (χ1n) is 11.8. The largest absolute Gasteiger partial charge is 0.352 e. The zero-order valence-corrected chi connectivity index (χ0v) is 20.5. The molecule has 0 aromatic heterocycles. The number of rotatable bonds is 9. The number of para-hydroxylation sites is 1. The van der Waals surface area contributed by atoms with Crippen molar-refractivity contribution >= 4 is 35.2 Å². The highest BCUT2D eigenvalue weighted by molar-refractivity contribution is 8.00. The Bertz CT molecular complexity index is 1180. The molecule has 0 radical (unpaired) electrons. The molecule has 1 atom stereocenters. The summed E-state index contributed by atoms with van der Waals surface area (Å²) in [6.45, 7) is 3.22. The minimum absolute atomic E-state index is 0.0904. The number of amides is 3. The van der Waals surface area contributed by atoms with Crippen LogP contribution in [0.1, 0.15) is 57.0 Å². The Morgan fingerprint density at radius 2 is 1.66 bits per heavy atom. The van der Waals surface area contributed by atoms with Gasteiger partial charge in [-0.05, 0) is 41.8 Å². The first-order valence-corrected chi connectivity index (χ1v) is 12.8. The number of anilines is 1. The van der Waals surface area contributed by atoms with Gasteiger partial charge in [-0.1, -0.05) is 67.9 Å². The van der Waals surface area contributed by atoms with E-state index in [1.54, 1.807) is 48.2 Å². The summed E-state index contributed by atoms with van der Waals surface area (Å²) in [5, 5.41) is 5.67. The van der Waals surface area contributed by atoms with Gasteiger partial charge in [-0.3, -0.25) is 14.4 Å². The maximum absolute atomic E-state index is 12.9. The average Bonchev–Trinajstić information content (AvgIpc) is 3.25. The second-order valence-corrected chi connectivity index (χ2v) is 9.47. The fourth-order valence-electron chi connectivity index (χ4n) is 3.94. The van der Waals surface area contributed by atoms with Crippen molar-refractivity contribution in [2.45, 2.75) is 31.7 Å². The zero-order chi connectivity index (χ0) is 24.6. The minimum atomic E-state index is -0.290. The number of thioether (sulfide) groups is 1. The van der Waals surface area contributed by atoms with E-state index in [2.05, 4.69) is 17.6 Å². The summed E-state index contributed by atoms with van der Waals surface area (Å²) >= 11 is 1.59. The number of nitrogens with zero attached hydrogens (tertiary/aromatic N) is 1. The molecule has 1 heterocycles. The molecule has 4 rings (SSSR count). The summed E-state index contributed by atoms with van der Waals surface area (Å²) in [5.41, 5.74) is 3.46. The van der Waals surface area contributed by atoms with Gasteiger partial charge in [0, 0.05) is 18.7 Å². The highest BCUT2D eigenvalue weighted by Gasteiger charge is 2.32. The van der Waals surface area contributed by atoms with E-state index in [4.69, 9.17) is 0 Å². The Labute approximate surface area is 210 Å². The first kappa shape index (κ1) is 24.5. The molecule has 1 saturated heterocycles. The van der Waals surface area contributed by atoms with Gasteiger partial charge in [0.2, 0.25) is 5.91 Å². The van der Waals surface area contributed by atoms with Crippen LogP contribution in [0.2, 0.25) is 0 Å². The molecule has 2 N–H and O–H groups in total. The lowest BCUT2D eigenvalue weighted by molar-refractivity contribution is -0.128. The van der Waals surface area contributed by atoms with Crippen LogP contribution in [-0.2, 0) is 11.3 Å². The molecule has 1 fully saturated rings. The Hall–Kier alpha value is -3.58. The standard InChI is InChI=1S/C28H29N3O3S/c1-2-3-17-29-27(34)23-11-7-8-12-24(23)30-26(33)21-13-15-22(16-14-21)28-31(25(32)19-35-28)18-20-9-5-4-6-10-20/h4-16,28H,2-3,17-19H2,1H3,(H,29,34)(H,30,33)/t28-/m0/s1. The lowest BCUT2D eigenvalue weighted by atomic mass is 10.1. The Balaban J connectivity index is 1.44. The maximum atomic E-state index is 12.9. The number of hydrogen-bond donors (Lipinski definition) is 2. The van der Waals surface area contributed by atoms with E-state index in [-0.39, 0.29) is 23.1 Å². The van der Waals surface area contributed by atoms with Gasteiger partial charge in [0.15, 0.2) is 0 Å². The summed E-state index contributed by atoms with van der Waals surface area (Å²) in [5.74, 6) is 0.0592. The predicted octanol–water partition coefficient (Wildman–Crippen LogP) is 5.24. The molecule has 3 amide bonds. The molecule has 35 heavy (non-hydrogen) atoms. The maximum Gasteiger partial charge on any atom is 0.255 e. The predicted molar refractivity (Wildman–Crippen MR) is 140 cm³/mol. The van der Waals surface area contributed by atoms with Crippen molar-refractivity contribution in [3.8, 4) is 0 Å². The van der Waals surface area contributed by atoms with Crippen LogP contribution in [0, 0.1) is 0 Å². The molecule has 0 aliphatic carbocycles. The molecular formula is C28H29N3O3S. The van der Waals surface area contributed by atoms with Gasteiger partial charge < -0.3 is 15.5 Å². The third-order valence-electron chi connectivity index (χ3n) is 5.86. The highest BCUT2D eigenvalue weighted by Crippen LogP contribution is 2.39. The van der Waals surface area contributed by atoms with Gasteiger partial charge in [-0.15, -0.1) is 11.8 Å². The van der Waals surface area contributed by atoms with Crippen LogP contribution in [0.5, 0.6) is 0 Å². The van der Waals surface area contributed by atoms with Crippen LogP contribution in [0.15, 0.2) is 78.9 Å². The minimum Gasteiger partial charge on any atom is -0.352 e. The van der Waals surface area contributed by atoms with E-state index in [0.29, 0.717) is 35.7 Å². The van der Waals surface area contributed by atoms with Crippen LogP contribution < -0.4 is 10.6 Å². The number of unbranched alkanes of at least 4 members (excludes halogenated alkanes) is 1. The van der Waals surface area contributed by atoms with Gasteiger partial charge in [0.1, 0.15) is 5.37 Å². The van der Waals surface area contributed by atoms with Gasteiger partial charge >= 0.3 is 0 Å². The lowest BCUT2D eigenvalue weighted by Gasteiger charge is -2.24. The summed E-state index contributed by atoms with van der Waals surface area (Å²) in [4.78, 5) is 39.9. The lowest BCUT2D eigenvalue weighted by Crippen LogP contribution is -2.27. The van der Waals surface area contributed by atoms with Crippen molar-refractivity contribution in [1.82, 2.24) is 10.2 Å². The van der Waals surface area contributed by atoms with Gasteiger partial charge in [-0.2, -0.15) is 0 Å². The molecule has 7 heteroatoms. The van der Waals surface area contributed by atoms with Gasteiger partial charge in [0.25, 0.3) is 11.8 Å². The summed E-state index contributed by atoms with van der Waals surface area (Å²) in [7, 11) is 0. The molecule has 180 valence electrons. The third-order valence-corrected chi connectivity index (χ3v) is 7.11. The van der Waals surface area contributed by atoms with E-state index in [1.807, 2.05) is 47.4 Å². The molecule has 1 aliphatic heterocycles. The van der Waals surface area contributed by atoms with Crippen molar-refractivity contribution in [1.29, 1.82) is 0 Å². The van der Waals surface area contributed by atoms with Crippen molar-refractivity contribution in [3.05, 3.63) is 101 Å². The monoisotopic (exact) mass is 487 g/mol. The van der Waals surface area contributed by atoms with E-state index in [1.165, 1.54) is 0 Å². The summed E-state index contributed by atoms with van der Waals surface area (Å²) < 4.78 is 0. The van der Waals surface area contributed by atoms with Crippen LogP contribution in [0.25, 0.3) is 0 Å². The van der Waals surface area contributed by atoms with E-state index < -0.39 is 0 Å². The van der Waals surface area contributed by atoms with Crippen molar-refractivity contribution in [2.24, 2.45) is 0 Å².